The lowest BCUT2D eigenvalue weighted by Crippen LogP contribution is -2.46. The van der Waals surface area contributed by atoms with Crippen LogP contribution in [-0.2, 0) is 19.7 Å². The molecule has 0 aliphatic carbocycles. The van der Waals surface area contributed by atoms with Gasteiger partial charge < -0.3 is 19.9 Å². The van der Waals surface area contributed by atoms with E-state index in [-0.39, 0.29) is 36.3 Å². The smallest absolute Gasteiger partial charge is 0.274 e. The molecule has 2 aromatic rings. The number of rotatable bonds is 5. The van der Waals surface area contributed by atoms with Crippen LogP contribution in [0.5, 0.6) is 5.75 Å². The zero-order valence-corrected chi connectivity index (χ0v) is 14.6. The Kier molecular flexibility index (Phi) is 4.90. The predicted molar refractivity (Wildman–Crippen MR) is 95.5 cm³/mol. The highest BCUT2D eigenvalue weighted by Crippen LogP contribution is 2.24. The van der Waals surface area contributed by atoms with E-state index in [2.05, 4.69) is 0 Å². The molecule has 6 heteroatoms. The fourth-order valence-electron chi connectivity index (χ4n) is 3.12. The summed E-state index contributed by atoms with van der Waals surface area (Å²) in [6.07, 6.45) is 0. The summed E-state index contributed by atoms with van der Waals surface area (Å²) in [4.78, 5) is 27.3. The Bertz CT molecular complexity index is 828. The maximum Gasteiger partial charge on any atom is 0.274 e. The fraction of sp³-hybridized carbons (Fsp3) is 0.368. The molecule has 0 saturated heterocycles. The van der Waals surface area contributed by atoms with Crippen LogP contribution >= 0.6 is 0 Å². The topological polar surface area (TPSA) is 77.6 Å². The van der Waals surface area contributed by atoms with Gasteiger partial charge in [0.25, 0.3) is 5.91 Å². The highest BCUT2D eigenvalue weighted by molar-refractivity contribution is 5.96. The summed E-state index contributed by atoms with van der Waals surface area (Å²) in [6, 6.07) is 11.1. The van der Waals surface area contributed by atoms with E-state index in [1.54, 1.807) is 4.90 Å². The van der Waals surface area contributed by atoms with Crippen molar-refractivity contribution in [3.8, 4) is 5.75 Å². The van der Waals surface area contributed by atoms with E-state index < -0.39 is 0 Å². The van der Waals surface area contributed by atoms with Gasteiger partial charge in [0.05, 0.1) is 0 Å². The third-order valence-corrected chi connectivity index (χ3v) is 4.44. The Morgan fingerprint density at radius 1 is 1.16 bits per heavy atom. The van der Waals surface area contributed by atoms with Gasteiger partial charge in [-0.3, -0.25) is 9.59 Å². The van der Waals surface area contributed by atoms with Crippen LogP contribution in [0.2, 0.25) is 0 Å². The van der Waals surface area contributed by atoms with E-state index in [9.17, 15) is 9.59 Å². The number of hydrogen-bond acceptors (Lipinski definition) is 4. The van der Waals surface area contributed by atoms with Gasteiger partial charge in [-0.2, -0.15) is 0 Å². The van der Waals surface area contributed by atoms with Crippen molar-refractivity contribution in [3.05, 3.63) is 63.6 Å². The average molecular weight is 341 g/mol. The van der Waals surface area contributed by atoms with Gasteiger partial charge in [-0.1, -0.05) is 30.3 Å². The molecule has 0 atom stereocenters. The standard InChI is InChI=1S/C19H23N3O3/c1-13(2)21-8-9-22-15(11-20)10-16(23)18(17(22)19(21)24)25-12-14-6-4-3-5-7-14/h3-7,10,13H,8-9,11-12,20H2,1-2H3. The van der Waals surface area contributed by atoms with E-state index in [1.165, 1.54) is 6.07 Å². The molecule has 132 valence electrons. The van der Waals surface area contributed by atoms with E-state index >= 15 is 0 Å². The number of ether oxygens (including phenoxy) is 1. The summed E-state index contributed by atoms with van der Waals surface area (Å²) >= 11 is 0. The van der Waals surface area contributed by atoms with Crippen LogP contribution in [0.15, 0.2) is 41.2 Å². The second-order valence-corrected chi connectivity index (χ2v) is 6.40. The molecule has 3 rings (SSSR count). The molecule has 0 radical (unpaired) electrons. The fourth-order valence-corrected chi connectivity index (χ4v) is 3.12. The maximum absolute atomic E-state index is 13.0. The second kappa shape index (κ2) is 7.11. The second-order valence-electron chi connectivity index (χ2n) is 6.40. The van der Waals surface area contributed by atoms with Gasteiger partial charge in [-0.15, -0.1) is 0 Å². The summed E-state index contributed by atoms with van der Waals surface area (Å²) < 4.78 is 7.62. The average Bonchev–Trinajstić information content (AvgIpc) is 2.61. The summed E-state index contributed by atoms with van der Waals surface area (Å²) in [5.74, 6) is -0.0758. The minimum Gasteiger partial charge on any atom is -0.483 e. The highest BCUT2D eigenvalue weighted by atomic mass is 16.5. The molecule has 2 heterocycles. The van der Waals surface area contributed by atoms with Gasteiger partial charge in [0.2, 0.25) is 5.43 Å². The van der Waals surface area contributed by atoms with Crippen molar-refractivity contribution in [2.24, 2.45) is 5.73 Å². The summed E-state index contributed by atoms with van der Waals surface area (Å²) in [6.45, 7) is 5.56. The van der Waals surface area contributed by atoms with Crippen molar-refractivity contribution >= 4 is 5.91 Å². The lowest BCUT2D eigenvalue weighted by atomic mass is 10.1. The first-order valence-corrected chi connectivity index (χ1v) is 8.47. The Labute approximate surface area is 146 Å². The van der Waals surface area contributed by atoms with E-state index in [1.807, 2.05) is 48.7 Å². The number of nitrogens with two attached hydrogens (primary N) is 1. The monoisotopic (exact) mass is 341 g/mol. The van der Waals surface area contributed by atoms with Crippen LogP contribution in [0.3, 0.4) is 0 Å². The van der Waals surface area contributed by atoms with Gasteiger partial charge in [-0.25, -0.2) is 0 Å². The van der Waals surface area contributed by atoms with Crippen LogP contribution < -0.4 is 15.9 Å². The van der Waals surface area contributed by atoms with Gasteiger partial charge in [0, 0.05) is 37.4 Å². The molecule has 1 aliphatic heterocycles. The molecular weight excluding hydrogens is 318 g/mol. The molecule has 6 nitrogen and oxygen atoms in total. The molecular formula is C19H23N3O3. The van der Waals surface area contributed by atoms with E-state index in [0.717, 1.165) is 5.56 Å². The Balaban J connectivity index is 2.03. The van der Waals surface area contributed by atoms with Crippen molar-refractivity contribution < 1.29 is 9.53 Å². The summed E-state index contributed by atoms with van der Waals surface area (Å²) in [7, 11) is 0. The zero-order valence-electron chi connectivity index (χ0n) is 14.6. The molecule has 0 saturated carbocycles. The molecule has 0 fully saturated rings. The van der Waals surface area contributed by atoms with Crippen LogP contribution in [0.25, 0.3) is 0 Å². The number of carbonyl (C=O) groups is 1. The van der Waals surface area contributed by atoms with E-state index in [0.29, 0.717) is 24.5 Å². The third kappa shape index (κ3) is 3.30. The first-order valence-electron chi connectivity index (χ1n) is 8.47. The van der Waals surface area contributed by atoms with Crippen LogP contribution in [0.4, 0.5) is 0 Å². The zero-order chi connectivity index (χ0) is 18.0. The SMILES string of the molecule is CC(C)N1CCn2c(CN)cc(=O)c(OCc3ccccc3)c2C1=O. The van der Waals surface area contributed by atoms with Crippen molar-refractivity contribution in [1.82, 2.24) is 9.47 Å². The Morgan fingerprint density at radius 3 is 2.52 bits per heavy atom. The van der Waals surface area contributed by atoms with Crippen molar-refractivity contribution in [2.75, 3.05) is 6.54 Å². The Morgan fingerprint density at radius 2 is 1.88 bits per heavy atom. The van der Waals surface area contributed by atoms with Crippen LogP contribution in [0.1, 0.15) is 35.6 Å². The number of fused-ring (bicyclic) bond motifs is 1. The molecule has 0 bridgehead atoms. The summed E-state index contributed by atoms with van der Waals surface area (Å²) in [5.41, 5.74) is 7.37. The van der Waals surface area contributed by atoms with E-state index in [4.69, 9.17) is 10.5 Å². The molecule has 1 amide bonds. The predicted octanol–water partition coefficient (Wildman–Crippen LogP) is 1.75. The Hall–Kier alpha value is -2.60. The lowest BCUT2D eigenvalue weighted by Gasteiger charge is -2.34. The lowest BCUT2D eigenvalue weighted by molar-refractivity contribution is 0.0636. The highest BCUT2D eigenvalue weighted by Gasteiger charge is 2.31. The largest absolute Gasteiger partial charge is 0.483 e. The van der Waals surface area contributed by atoms with Crippen molar-refractivity contribution in [3.63, 3.8) is 0 Å². The molecule has 0 spiro atoms. The molecule has 0 unspecified atom stereocenters. The molecule has 1 aromatic carbocycles. The van der Waals surface area contributed by atoms with Crippen LogP contribution in [0, 0.1) is 0 Å². The minimum absolute atomic E-state index is 0.0554. The summed E-state index contributed by atoms with van der Waals surface area (Å²) in [5, 5.41) is 0. The number of benzene rings is 1. The van der Waals surface area contributed by atoms with Gasteiger partial charge in [0.1, 0.15) is 6.61 Å². The van der Waals surface area contributed by atoms with Gasteiger partial charge >= 0.3 is 0 Å². The third-order valence-electron chi connectivity index (χ3n) is 4.44. The maximum atomic E-state index is 13.0. The number of carbonyl (C=O) groups excluding carboxylic acids is 1. The molecule has 1 aliphatic rings. The molecule has 2 N–H and O–H groups in total. The van der Waals surface area contributed by atoms with Crippen LogP contribution in [-0.4, -0.2) is 28.0 Å². The first-order chi connectivity index (χ1) is 12.0. The normalized spacial score (nSPS) is 13.9. The number of nitrogens with zero attached hydrogens (tertiary/aromatic N) is 2. The molecule has 25 heavy (non-hydrogen) atoms. The number of amides is 1. The van der Waals surface area contributed by atoms with Gasteiger partial charge in [0.15, 0.2) is 11.4 Å². The van der Waals surface area contributed by atoms with Crippen molar-refractivity contribution in [2.45, 2.75) is 39.6 Å². The number of aromatic nitrogens is 1. The van der Waals surface area contributed by atoms with Crippen molar-refractivity contribution in [1.29, 1.82) is 0 Å². The number of hydrogen-bond donors (Lipinski definition) is 1. The van der Waals surface area contributed by atoms with Gasteiger partial charge in [-0.05, 0) is 19.4 Å². The molecule has 1 aromatic heterocycles. The minimum atomic E-state index is -0.304. The first kappa shape index (κ1) is 17.2. The number of pyridine rings is 1. The quantitative estimate of drug-likeness (QED) is 0.899.